The first-order valence-corrected chi connectivity index (χ1v) is 6.97. The molecule has 1 atom stereocenters. The lowest BCUT2D eigenvalue weighted by Crippen LogP contribution is -2.33. The van der Waals surface area contributed by atoms with Gasteiger partial charge in [-0.25, -0.2) is 0 Å². The summed E-state index contributed by atoms with van der Waals surface area (Å²) in [5.41, 5.74) is 9.62. The van der Waals surface area contributed by atoms with Crippen LogP contribution in [0.25, 0.3) is 0 Å². The number of hydrogen-bond donors (Lipinski definition) is 2. The van der Waals surface area contributed by atoms with E-state index in [2.05, 4.69) is 29.2 Å². The van der Waals surface area contributed by atoms with E-state index in [-0.39, 0.29) is 11.8 Å². The summed E-state index contributed by atoms with van der Waals surface area (Å²) < 4.78 is 0. The molecular weight excluding hydrogens is 246 g/mol. The van der Waals surface area contributed by atoms with Crippen molar-refractivity contribution < 1.29 is 0 Å². The molecule has 2 aromatic rings. The van der Waals surface area contributed by atoms with Crippen molar-refractivity contribution in [2.24, 2.45) is 5.73 Å². The van der Waals surface area contributed by atoms with Crippen LogP contribution in [0.5, 0.6) is 0 Å². The van der Waals surface area contributed by atoms with Crippen LogP contribution in [0.3, 0.4) is 0 Å². The standard InChI is InChI=1S/C17H19N3/c18-17(19)15(13-6-2-1-3-7-13)12-20-11-10-14-8-4-5-9-16(14)20/h1-9,15H,10-12H2,(H3,18,19). The van der Waals surface area contributed by atoms with Crippen LogP contribution < -0.4 is 10.6 Å². The number of nitrogens with two attached hydrogens (primary N) is 1. The molecule has 0 radical (unpaired) electrons. The molecule has 3 N–H and O–H groups in total. The van der Waals surface area contributed by atoms with Crippen LogP contribution in [0, 0.1) is 5.41 Å². The van der Waals surface area contributed by atoms with Gasteiger partial charge in [-0.1, -0.05) is 48.5 Å². The van der Waals surface area contributed by atoms with Crippen LogP contribution in [0.4, 0.5) is 5.69 Å². The highest BCUT2D eigenvalue weighted by atomic mass is 15.2. The molecular formula is C17H19N3. The van der Waals surface area contributed by atoms with Gasteiger partial charge in [-0.3, -0.25) is 5.41 Å². The number of nitrogens with zero attached hydrogens (tertiary/aromatic N) is 1. The topological polar surface area (TPSA) is 53.1 Å². The highest BCUT2D eigenvalue weighted by Crippen LogP contribution is 2.29. The second kappa shape index (κ2) is 5.37. The van der Waals surface area contributed by atoms with E-state index in [1.165, 1.54) is 11.3 Å². The lowest BCUT2D eigenvalue weighted by atomic mass is 9.97. The van der Waals surface area contributed by atoms with Crippen molar-refractivity contribution in [1.29, 1.82) is 5.41 Å². The Morgan fingerprint density at radius 3 is 2.55 bits per heavy atom. The number of para-hydroxylation sites is 1. The molecule has 0 amide bonds. The minimum absolute atomic E-state index is 0.0395. The Kier molecular flexibility index (Phi) is 3.42. The van der Waals surface area contributed by atoms with Crippen molar-refractivity contribution >= 4 is 11.5 Å². The number of benzene rings is 2. The summed E-state index contributed by atoms with van der Waals surface area (Å²) in [4.78, 5) is 2.34. The largest absolute Gasteiger partial charge is 0.387 e. The summed E-state index contributed by atoms with van der Waals surface area (Å²) in [7, 11) is 0. The number of rotatable bonds is 4. The molecule has 0 aliphatic carbocycles. The van der Waals surface area contributed by atoms with Crippen molar-refractivity contribution in [3.8, 4) is 0 Å². The number of fused-ring (bicyclic) bond motifs is 1. The van der Waals surface area contributed by atoms with Crippen molar-refractivity contribution in [3.05, 3.63) is 65.7 Å². The van der Waals surface area contributed by atoms with Crippen molar-refractivity contribution in [2.45, 2.75) is 12.3 Å². The fourth-order valence-corrected chi connectivity index (χ4v) is 2.89. The van der Waals surface area contributed by atoms with Crippen LogP contribution in [0.15, 0.2) is 54.6 Å². The van der Waals surface area contributed by atoms with E-state index in [1.807, 2.05) is 30.3 Å². The molecule has 1 unspecified atom stereocenters. The Balaban J connectivity index is 1.84. The second-order valence-corrected chi connectivity index (χ2v) is 5.24. The van der Waals surface area contributed by atoms with E-state index in [0.29, 0.717) is 0 Å². The Morgan fingerprint density at radius 2 is 1.80 bits per heavy atom. The quantitative estimate of drug-likeness (QED) is 0.659. The smallest absolute Gasteiger partial charge is 0.1000 e. The van der Waals surface area contributed by atoms with E-state index in [4.69, 9.17) is 11.1 Å². The first-order chi connectivity index (χ1) is 9.75. The van der Waals surface area contributed by atoms with Gasteiger partial charge < -0.3 is 10.6 Å². The summed E-state index contributed by atoms with van der Waals surface area (Å²) >= 11 is 0. The lowest BCUT2D eigenvalue weighted by molar-refractivity contribution is 0.769. The fourth-order valence-electron chi connectivity index (χ4n) is 2.89. The Hall–Kier alpha value is -2.29. The van der Waals surface area contributed by atoms with Gasteiger partial charge in [0.25, 0.3) is 0 Å². The number of nitrogens with one attached hydrogen (secondary N) is 1. The molecule has 3 nitrogen and oxygen atoms in total. The van der Waals surface area contributed by atoms with Gasteiger partial charge in [0, 0.05) is 18.8 Å². The van der Waals surface area contributed by atoms with Crippen molar-refractivity contribution in [3.63, 3.8) is 0 Å². The third-order valence-electron chi connectivity index (χ3n) is 3.96. The van der Waals surface area contributed by atoms with Gasteiger partial charge >= 0.3 is 0 Å². The molecule has 0 spiro atoms. The summed E-state index contributed by atoms with van der Waals surface area (Å²) in [6.07, 6.45) is 1.08. The molecule has 1 aliphatic heterocycles. The number of hydrogen-bond acceptors (Lipinski definition) is 2. The summed E-state index contributed by atoms with van der Waals surface area (Å²) in [6.45, 7) is 1.78. The third kappa shape index (κ3) is 2.39. The van der Waals surface area contributed by atoms with Crippen LogP contribution in [-0.4, -0.2) is 18.9 Å². The van der Waals surface area contributed by atoms with Crippen molar-refractivity contribution in [1.82, 2.24) is 0 Å². The molecule has 3 heteroatoms. The SMILES string of the molecule is N=C(N)C(CN1CCc2ccccc21)c1ccccc1. The predicted molar refractivity (Wildman–Crippen MR) is 83.5 cm³/mol. The molecule has 0 aromatic heterocycles. The van der Waals surface area contributed by atoms with E-state index >= 15 is 0 Å². The third-order valence-corrected chi connectivity index (χ3v) is 3.96. The Morgan fingerprint density at radius 1 is 1.10 bits per heavy atom. The van der Waals surface area contributed by atoms with Crippen LogP contribution in [0.2, 0.25) is 0 Å². The Bertz CT molecular complexity index is 607. The van der Waals surface area contributed by atoms with Gasteiger partial charge in [0.2, 0.25) is 0 Å². The zero-order valence-corrected chi connectivity index (χ0v) is 11.4. The highest BCUT2D eigenvalue weighted by molar-refractivity contribution is 5.85. The van der Waals surface area contributed by atoms with Gasteiger partial charge in [-0.05, 0) is 23.6 Å². The minimum atomic E-state index is -0.0395. The molecule has 1 aliphatic rings. The van der Waals surface area contributed by atoms with E-state index in [0.717, 1.165) is 25.1 Å². The van der Waals surface area contributed by atoms with Gasteiger partial charge in [0.15, 0.2) is 0 Å². The molecule has 3 rings (SSSR count). The molecule has 2 aromatic carbocycles. The summed E-state index contributed by atoms with van der Waals surface area (Å²) in [5, 5.41) is 7.89. The maximum Gasteiger partial charge on any atom is 0.1000 e. The van der Waals surface area contributed by atoms with Gasteiger partial charge in [0.1, 0.15) is 0 Å². The molecule has 102 valence electrons. The van der Waals surface area contributed by atoms with E-state index in [9.17, 15) is 0 Å². The van der Waals surface area contributed by atoms with Gasteiger partial charge in [0.05, 0.1) is 11.8 Å². The maximum absolute atomic E-state index is 7.89. The second-order valence-electron chi connectivity index (χ2n) is 5.24. The normalized spacial score (nSPS) is 14.9. The first-order valence-electron chi connectivity index (χ1n) is 6.97. The van der Waals surface area contributed by atoms with E-state index in [1.54, 1.807) is 0 Å². The zero-order chi connectivity index (χ0) is 13.9. The molecule has 0 bridgehead atoms. The number of anilines is 1. The number of amidine groups is 1. The first kappa shape index (κ1) is 12.7. The summed E-state index contributed by atoms with van der Waals surface area (Å²) in [5.74, 6) is 0.197. The molecule has 0 saturated carbocycles. The van der Waals surface area contributed by atoms with Gasteiger partial charge in [-0.15, -0.1) is 0 Å². The monoisotopic (exact) mass is 265 g/mol. The average molecular weight is 265 g/mol. The van der Waals surface area contributed by atoms with Crippen LogP contribution >= 0.6 is 0 Å². The maximum atomic E-state index is 7.89. The van der Waals surface area contributed by atoms with Crippen molar-refractivity contribution in [2.75, 3.05) is 18.0 Å². The molecule has 1 heterocycles. The molecule has 0 saturated heterocycles. The van der Waals surface area contributed by atoms with Crippen LogP contribution in [-0.2, 0) is 6.42 Å². The van der Waals surface area contributed by atoms with E-state index < -0.39 is 0 Å². The Labute approximate surface area is 119 Å². The highest BCUT2D eigenvalue weighted by Gasteiger charge is 2.24. The minimum Gasteiger partial charge on any atom is -0.387 e. The molecule has 20 heavy (non-hydrogen) atoms. The fraction of sp³-hybridized carbons (Fsp3) is 0.235. The predicted octanol–water partition coefficient (Wildman–Crippen LogP) is 2.77. The average Bonchev–Trinajstić information content (AvgIpc) is 2.88. The zero-order valence-electron chi connectivity index (χ0n) is 11.4. The summed E-state index contributed by atoms with van der Waals surface area (Å²) in [6, 6.07) is 18.6. The molecule has 0 fully saturated rings. The lowest BCUT2D eigenvalue weighted by Gasteiger charge is -2.25. The van der Waals surface area contributed by atoms with Crippen LogP contribution in [0.1, 0.15) is 17.0 Å². The van der Waals surface area contributed by atoms with Gasteiger partial charge in [-0.2, -0.15) is 0 Å².